The lowest BCUT2D eigenvalue weighted by atomic mass is 9.95. The van der Waals surface area contributed by atoms with Gasteiger partial charge in [-0.2, -0.15) is 11.3 Å². The van der Waals surface area contributed by atoms with Gasteiger partial charge in [-0.05, 0) is 53.4 Å². The summed E-state index contributed by atoms with van der Waals surface area (Å²) in [6.45, 7) is 0.612. The topological polar surface area (TPSA) is 93.8 Å². The van der Waals surface area contributed by atoms with Crippen LogP contribution in [0.2, 0.25) is 0 Å². The van der Waals surface area contributed by atoms with Gasteiger partial charge >= 0.3 is 0 Å². The second-order valence-corrected chi connectivity index (χ2v) is 7.10. The number of thiophene rings is 1. The average molecular weight is 388 g/mol. The Kier molecular flexibility index (Phi) is 6.86. The summed E-state index contributed by atoms with van der Waals surface area (Å²) in [6, 6.07) is 9.14. The van der Waals surface area contributed by atoms with E-state index in [1.165, 1.54) is 0 Å². The van der Waals surface area contributed by atoms with E-state index in [2.05, 4.69) is 10.7 Å². The number of anilines is 2. The minimum atomic E-state index is -0.507. The second-order valence-electron chi connectivity index (χ2n) is 6.32. The third-order valence-electron chi connectivity index (χ3n) is 4.32. The van der Waals surface area contributed by atoms with Gasteiger partial charge in [-0.1, -0.05) is 12.1 Å². The molecule has 144 valence electrons. The van der Waals surface area contributed by atoms with Gasteiger partial charge in [0, 0.05) is 18.9 Å². The summed E-state index contributed by atoms with van der Waals surface area (Å²) in [6.07, 6.45) is 3.39. The van der Waals surface area contributed by atoms with Gasteiger partial charge in [-0.15, -0.1) is 0 Å². The summed E-state index contributed by atoms with van der Waals surface area (Å²) in [4.78, 5) is 12.7. The van der Waals surface area contributed by atoms with Gasteiger partial charge in [0.25, 0.3) is 5.91 Å². The molecular weight excluding hydrogens is 364 g/mol. The van der Waals surface area contributed by atoms with E-state index in [1.807, 2.05) is 29.7 Å². The number of carbonyl (C=O) groups excluding carboxylic acids is 1. The molecule has 2 unspecified atom stereocenters. The number of benzene rings is 1. The molecule has 1 aromatic carbocycles. The molecule has 0 fully saturated rings. The Balaban J connectivity index is 1.72. The molecule has 27 heavy (non-hydrogen) atoms. The second kappa shape index (κ2) is 9.55. The highest BCUT2D eigenvalue weighted by Gasteiger charge is 2.29. The van der Waals surface area contributed by atoms with Gasteiger partial charge < -0.3 is 25.6 Å². The maximum Gasteiger partial charge on any atom is 0.290 e. The number of allylic oxidation sites excluding steroid dienone is 1. The standard InChI is InChI=1S/C20H24N2O4S/c21-16-5-1-2-6-17(16)22-20(24)18-11-15(14-7-10-27-13-14)12-19(26-18)25-9-4-3-8-23/h1-2,5-7,10-11,13,15,19,23H,3-4,8-9,12,21H2,(H,22,24). The van der Waals surface area contributed by atoms with Crippen LogP contribution in [0.25, 0.3) is 0 Å². The number of rotatable bonds is 8. The lowest BCUT2D eigenvalue weighted by molar-refractivity contribution is -0.143. The minimum Gasteiger partial charge on any atom is -0.459 e. The van der Waals surface area contributed by atoms with Crippen molar-refractivity contribution in [3.8, 4) is 0 Å². The molecule has 1 aliphatic rings. The summed E-state index contributed by atoms with van der Waals surface area (Å²) in [5, 5.41) is 15.8. The molecule has 0 aliphatic carbocycles. The van der Waals surface area contributed by atoms with Crippen LogP contribution in [-0.2, 0) is 14.3 Å². The van der Waals surface area contributed by atoms with E-state index in [-0.39, 0.29) is 24.2 Å². The minimum absolute atomic E-state index is 0.0433. The quantitative estimate of drug-likeness (QED) is 0.475. The number of ether oxygens (including phenoxy) is 2. The molecule has 0 spiro atoms. The molecule has 0 bridgehead atoms. The first kappa shape index (κ1) is 19.4. The maximum absolute atomic E-state index is 12.7. The van der Waals surface area contributed by atoms with Gasteiger partial charge in [-0.3, -0.25) is 4.79 Å². The predicted molar refractivity (Wildman–Crippen MR) is 106 cm³/mol. The van der Waals surface area contributed by atoms with Crippen molar-refractivity contribution in [1.29, 1.82) is 0 Å². The van der Waals surface area contributed by atoms with Crippen LogP contribution in [-0.4, -0.2) is 30.5 Å². The number of nitrogens with one attached hydrogen (secondary N) is 1. The summed E-state index contributed by atoms with van der Waals surface area (Å²) in [7, 11) is 0. The fourth-order valence-corrected chi connectivity index (χ4v) is 3.58. The summed E-state index contributed by atoms with van der Waals surface area (Å²) < 4.78 is 11.6. The predicted octanol–water partition coefficient (Wildman–Crippen LogP) is 3.47. The monoisotopic (exact) mass is 388 g/mol. The molecule has 0 radical (unpaired) electrons. The van der Waals surface area contributed by atoms with Crippen LogP contribution in [0.4, 0.5) is 11.4 Å². The van der Waals surface area contributed by atoms with Crippen molar-refractivity contribution in [2.45, 2.75) is 31.5 Å². The van der Waals surface area contributed by atoms with E-state index >= 15 is 0 Å². The number of aliphatic hydroxyl groups is 1. The Bertz CT molecular complexity index is 776. The number of carbonyl (C=O) groups is 1. The van der Waals surface area contributed by atoms with Crippen molar-refractivity contribution in [2.75, 3.05) is 24.3 Å². The number of nitrogens with two attached hydrogens (primary N) is 1. The normalized spacial score (nSPS) is 19.2. The third-order valence-corrected chi connectivity index (χ3v) is 5.02. The Hall–Kier alpha value is -2.35. The molecule has 6 nitrogen and oxygen atoms in total. The molecule has 2 aromatic rings. The molecule has 1 aliphatic heterocycles. The number of aliphatic hydroxyl groups excluding tert-OH is 1. The highest BCUT2D eigenvalue weighted by atomic mass is 32.1. The van der Waals surface area contributed by atoms with E-state index < -0.39 is 6.29 Å². The Morgan fingerprint density at radius 1 is 1.33 bits per heavy atom. The van der Waals surface area contributed by atoms with Gasteiger partial charge in [0.15, 0.2) is 5.76 Å². The van der Waals surface area contributed by atoms with Crippen molar-refractivity contribution >= 4 is 28.6 Å². The fraction of sp³-hybridized carbons (Fsp3) is 0.350. The summed E-state index contributed by atoms with van der Waals surface area (Å²) in [5.41, 5.74) is 8.08. The summed E-state index contributed by atoms with van der Waals surface area (Å²) >= 11 is 1.62. The van der Waals surface area contributed by atoms with Crippen molar-refractivity contribution in [3.63, 3.8) is 0 Å². The molecule has 7 heteroatoms. The Morgan fingerprint density at radius 2 is 2.19 bits per heavy atom. The molecular formula is C20H24N2O4S. The Morgan fingerprint density at radius 3 is 2.93 bits per heavy atom. The SMILES string of the molecule is Nc1ccccc1NC(=O)C1=CC(c2ccsc2)CC(OCCCCO)O1. The van der Waals surface area contributed by atoms with Crippen LogP contribution in [0, 0.1) is 0 Å². The smallest absolute Gasteiger partial charge is 0.290 e. The lowest BCUT2D eigenvalue weighted by Crippen LogP contribution is -2.29. The van der Waals surface area contributed by atoms with Crippen molar-refractivity contribution < 1.29 is 19.4 Å². The number of hydrogen-bond acceptors (Lipinski definition) is 6. The molecule has 3 rings (SSSR count). The average Bonchev–Trinajstić information content (AvgIpc) is 3.22. The molecule has 0 saturated carbocycles. The molecule has 2 atom stereocenters. The first-order valence-electron chi connectivity index (χ1n) is 8.96. The van der Waals surface area contributed by atoms with Gasteiger partial charge in [0.05, 0.1) is 18.0 Å². The number of hydrogen-bond donors (Lipinski definition) is 3. The van der Waals surface area contributed by atoms with Crippen LogP contribution in [0.5, 0.6) is 0 Å². The zero-order chi connectivity index (χ0) is 19.1. The lowest BCUT2D eigenvalue weighted by Gasteiger charge is -2.29. The van der Waals surface area contributed by atoms with E-state index in [0.29, 0.717) is 30.8 Å². The number of para-hydroxylation sites is 2. The molecule has 1 amide bonds. The van der Waals surface area contributed by atoms with Crippen LogP contribution in [0.3, 0.4) is 0 Å². The van der Waals surface area contributed by atoms with E-state index in [4.69, 9.17) is 20.3 Å². The number of unbranched alkanes of at least 4 members (excludes halogenated alkanes) is 1. The molecule has 1 aromatic heterocycles. The fourth-order valence-electron chi connectivity index (χ4n) is 2.86. The zero-order valence-corrected chi connectivity index (χ0v) is 15.8. The number of nitrogen functional groups attached to an aromatic ring is 1. The van der Waals surface area contributed by atoms with Gasteiger partial charge in [0.1, 0.15) is 0 Å². The molecule has 4 N–H and O–H groups in total. The van der Waals surface area contributed by atoms with Crippen LogP contribution in [0.1, 0.15) is 30.7 Å². The van der Waals surface area contributed by atoms with E-state index in [0.717, 1.165) is 12.0 Å². The highest BCUT2D eigenvalue weighted by Crippen LogP contribution is 2.33. The van der Waals surface area contributed by atoms with Crippen LogP contribution in [0.15, 0.2) is 52.9 Å². The van der Waals surface area contributed by atoms with Gasteiger partial charge in [-0.25, -0.2) is 0 Å². The highest BCUT2D eigenvalue weighted by molar-refractivity contribution is 7.08. The maximum atomic E-state index is 12.7. The first-order valence-corrected chi connectivity index (χ1v) is 9.90. The number of amides is 1. The van der Waals surface area contributed by atoms with E-state index in [1.54, 1.807) is 23.5 Å². The van der Waals surface area contributed by atoms with Crippen LogP contribution >= 0.6 is 11.3 Å². The Labute approximate surface area is 162 Å². The van der Waals surface area contributed by atoms with Crippen molar-refractivity contribution in [2.24, 2.45) is 0 Å². The van der Waals surface area contributed by atoms with E-state index in [9.17, 15) is 4.79 Å². The summed E-state index contributed by atoms with van der Waals surface area (Å²) in [5.74, 6) is -0.0774. The van der Waals surface area contributed by atoms with Crippen molar-refractivity contribution in [3.05, 3.63) is 58.5 Å². The molecule has 2 heterocycles. The van der Waals surface area contributed by atoms with Gasteiger partial charge in [0.2, 0.25) is 6.29 Å². The van der Waals surface area contributed by atoms with Crippen molar-refractivity contribution in [1.82, 2.24) is 0 Å². The zero-order valence-electron chi connectivity index (χ0n) is 15.0. The largest absolute Gasteiger partial charge is 0.459 e. The third kappa shape index (κ3) is 5.32. The molecule has 0 saturated heterocycles. The van der Waals surface area contributed by atoms with Crippen LogP contribution < -0.4 is 11.1 Å². The first-order chi connectivity index (χ1) is 13.2.